The van der Waals surface area contributed by atoms with Crippen LogP contribution >= 0.6 is 0 Å². The van der Waals surface area contributed by atoms with Gasteiger partial charge in [-0.15, -0.1) is 0 Å². The second-order valence-electron chi connectivity index (χ2n) is 8.40. The van der Waals surface area contributed by atoms with Gasteiger partial charge in [-0.3, -0.25) is 5.10 Å². The Balaban J connectivity index is 1.47. The number of aromatic nitrogens is 5. The van der Waals surface area contributed by atoms with E-state index in [1.807, 2.05) is 26.0 Å². The summed E-state index contributed by atoms with van der Waals surface area (Å²) in [6, 6.07) is 8.89. The summed E-state index contributed by atoms with van der Waals surface area (Å²) in [5.41, 5.74) is 2.51. The van der Waals surface area contributed by atoms with E-state index in [1.54, 1.807) is 25.3 Å². The Labute approximate surface area is 190 Å². The van der Waals surface area contributed by atoms with Gasteiger partial charge in [0.05, 0.1) is 6.61 Å². The van der Waals surface area contributed by atoms with E-state index in [2.05, 4.69) is 35.4 Å². The Bertz CT molecular complexity index is 1290. The molecule has 1 atom stereocenters. The number of rotatable bonds is 7. The van der Waals surface area contributed by atoms with Crippen LogP contribution in [0.15, 0.2) is 30.3 Å². The Kier molecular flexibility index (Phi) is 5.59. The zero-order chi connectivity index (χ0) is 22.9. The van der Waals surface area contributed by atoms with Crippen molar-refractivity contribution in [2.45, 2.75) is 20.3 Å². The largest absolute Gasteiger partial charge is 0.421 e. The number of fused-ring (bicyclic) bond motifs is 1. The molecule has 0 amide bonds. The van der Waals surface area contributed by atoms with Gasteiger partial charge in [-0.1, -0.05) is 0 Å². The highest BCUT2D eigenvalue weighted by atomic mass is 19.1. The Morgan fingerprint density at radius 3 is 2.82 bits per heavy atom. The molecule has 33 heavy (non-hydrogen) atoms. The molecule has 0 radical (unpaired) electrons. The third kappa shape index (κ3) is 4.47. The van der Waals surface area contributed by atoms with E-state index in [4.69, 9.17) is 9.47 Å². The zero-order valence-corrected chi connectivity index (χ0v) is 18.8. The van der Waals surface area contributed by atoms with Gasteiger partial charge in [-0.2, -0.15) is 15.1 Å². The molecule has 3 aromatic heterocycles. The first kappa shape index (κ1) is 21.2. The molecule has 3 N–H and O–H groups in total. The molecule has 4 aromatic rings. The van der Waals surface area contributed by atoms with Gasteiger partial charge in [0.2, 0.25) is 0 Å². The molecule has 1 aliphatic rings. The maximum Gasteiger partial charge on any atom is 0.326 e. The summed E-state index contributed by atoms with van der Waals surface area (Å²) in [6.45, 7) is 6.15. The van der Waals surface area contributed by atoms with Crippen LogP contribution in [0.2, 0.25) is 0 Å². The first-order valence-corrected chi connectivity index (χ1v) is 10.9. The molecule has 1 saturated heterocycles. The highest BCUT2D eigenvalue weighted by Crippen LogP contribution is 2.32. The molecule has 9 nitrogen and oxygen atoms in total. The number of methoxy groups -OCH3 is 1. The minimum atomic E-state index is -0.454. The molecule has 0 saturated carbocycles. The number of aryl methyl sites for hydroxylation is 2. The smallest absolute Gasteiger partial charge is 0.326 e. The third-order valence-electron chi connectivity index (χ3n) is 5.70. The molecular formula is C23H26FN7O2. The van der Waals surface area contributed by atoms with Crippen LogP contribution < -0.4 is 15.0 Å². The predicted molar refractivity (Wildman–Crippen MR) is 124 cm³/mol. The van der Waals surface area contributed by atoms with E-state index in [0.717, 1.165) is 30.9 Å². The predicted octanol–water partition coefficient (Wildman–Crippen LogP) is 4.45. The highest BCUT2D eigenvalue weighted by molar-refractivity contribution is 5.82. The zero-order valence-electron chi connectivity index (χ0n) is 18.8. The number of hydrogen-bond acceptors (Lipinski definition) is 7. The number of H-pyrrole nitrogens is 2. The lowest BCUT2D eigenvalue weighted by molar-refractivity contribution is 0.161. The van der Waals surface area contributed by atoms with Crippen LogP contribution in [0.1, 0.15) is 17.8 Å². The van der Waals surface area contributed by atoms with Gasteiger partial charge in [0.25, 0.3) is 0 Å². The second-order valence-corrected chi connectivity index (χ2v) is 8.40. The van der Waals surface area contributed by atoms with Crippen LogP contribution in [0, 0.1) is 25.6 Å². The summed E-state index contributed by atoms with van der Waals surface area (Å²) < 4.78 is 26.3. The van der Waals surface area contributed by atoms with Gasteiger partial charge < -0.3 is 24.7 Å². The summed E-state index contributed by atoms with van der Waals surface area (Å²) in [5.74, 6) is 1.88. The summed E-state index contributed by atoms with van der Waals surface area (Å²) >= 11 is 0. The Morgan fingerprint density at radius 2 is 2.03 bits per heavy atom. The molecule has 0 spiro atoms. The van der Waals surface area contributed by atoms with Gasteiger partial charge >= 0.3 is 6.01 Å². The van der Waals surface area contributed by atoms with Crippen molar-refractivity contribution in [3.8, 4) is 11.8 Å². The average molecular weight is 452 g/mol. The van der Waals surface area contributed by atoms with Crippen molar-refractivity contribution in [3.05, 3.63) is 47.5 Å². The number of aromatic amines is 2. The first-order valence-electron chi connectivity index (χ1n) is 10.9. The van der Waals surface area contributed by atoms with Crippen molar-refractivity contribution in [1.82, 2.24) is 25.1 Å². The molecule has 5 rings (SSSR count). The summed E-state index contributed by atoms with van der Waals surface area (Å²) in [6.07, 6.45) is 1.01. The monoisotopic (exact) mass is 451 g/mol. The highest BCUT2D eigenvalue weighted by Gasteiger charge is 2.25. The third-order valence-corrected chi connectivity index (χ3v) is 5.70. The van der Waals surface area contributed by atoms with Gasteiger partial charge in [-0.25, -0.2) is 4.39 Å². The lowest BCUT2D eigenvalue weighted by Gasteiger charge is -2.19. The quantitative estimate of drug-likeness (QED) is 0.381. The topological polar surface area (TPSA) is 104 Å². The fourth-order valence-corrected chi connectivity index (χ4v) is 4.18. The van der Waals surface area contributed by atoms with Gasteiger partial charge in [-0.05, 0) is 38.5 Å². The minimum Gasteiger partial charge on any atom is -0.421 e. The Hall–Kier alpha value is -3.66. The number of benzene rings is 1. The molecule has 1 unspecified atom stereocenters. The SMILES string of the molecule is COCC1CCN(c2cc(Nc3cc(C)[nH]n3)nc(Oc3ccc4[nH]c(C)cc4c3F)n2)C1. The van der Waals surface area contributed by atoms with Crippen molar-refractivity contribution in [2.75, 3.05) is 37.0 Å². The molecule has 10 heteroatoms. The molecule has 1 fully saturated rings. The molecule has 1 aromatic carbocycles. The second kappa shape index (κ2) is 8.70. The molecule has 0 bridgehead atoms. The van der Waals surface area contributed by atoms with E-state index < -0.39 is 5.82 Å². The van der Waals surface area contributed by atoms with Gasteiger partial charge in [0.1, 0.15) is 11.6 Å². The van der Waals surface area contributed by atoms with E-state index in [1.165, 1.54) is 0 Å². The minimum absolute atomic E-state index is 0.0583. The number of anilines is 3. The number of hydrogen-bond donors (Lipinski definition) is 3. The molecule has 0 aliphatic carbocycles. The van der Waals surface area contributed by atoms with Crippen molar-refractivity contribution in [3.63, 3.8) is 0 Å². The fraction of sp³-hybridized carbons (Fsp3) is 0.348. The lowest BCUT2D eigenvalue weighted by atomic mass is 10.1. The fourth-order valence-electron chi connectivity index (χ4n) is 4.18. The lowest BCUT2D eigenvalue weighted by Crippen LogP contribution is -2.22. The first-order chi connectivity index (χ1) is 16.0. The van der Waals surface area contributed by atoms with Crippen molar-refractivity contribution >= 4 is 28.4 Å². The molecular weight excluding hydrogens is 425 g/mol. The van der Waals surface area contributed by atoms with E-state index in [-0.39, 0.29) is 11.8 Å². The standard InChI is InChI=1S/C23H26FN7O2/c1-13-8-16-17(25-13)4-5-18(22(16)24)33-23-27-19(26-20-9-14(2)29-30-20)10-21(28-23)31-7-6-15(11-31)12-32-3/h4-5,8-10,15,25H,6-7,11-12H2,1-3H3,(H2,26,27,28,29,30). The van der Waals surface area contributed by atoms with Crippen LogP contribution in [0.3, 0.4) is 0 Å². The van der Waals surface area contributed by atoms with E-state index >= 15 is 4.39 Å². The summed E-state index contributed by atoms with van der Waals surface area (Å²) in [5, 5.41) is 10.7. The number of halogens is 1. The van der Waals surface area contributed by atoms with Crippen LogP contribution in [-0.4, -0.2) is 52.0 Å². The van der Waals surface area contributed by atoms with Crippen molar-refractivity contribution in [2.24, 2.45) is 5.92 Å². The van der Waals surface area contributed by atoms with Crippen molar-refractivity contribution in [1.29, 1.82) is 0 Å². The summed E-state index contributed by atoms with van der Waals surface area (Å²) in [7, 11) is 1.71. The molecule has 1 aliphatic heterocycles. The van der Waals surface area contributed by atoms with Crippen LogP contribution in [0.25, 0.3) is 10.9 Å². The number of nitrogens with one attached hydrogen (secondary N) is 3. The van der Waals surface area contributed by atoms with Gasteiger partial charge in [0, 0.05) is 60.5 Å². The molecule has 172 valence electrons. The number of nitrogens with zero attached hydrogens (tertiary/aromatic N) is 4. The Morgan fingerprint density at radius 1 is 1.15 bits per heavy atom. The van der Waals surface area contributed by atoms with Crippen LogP contribution in [0.5, 0.6) is 11.8 Å². The summed E-state index contributed by atoms with van der Waals surface area (Å²) in [4.78, 5) is 14.3. The maximum atomic E-state index is 15.1. The van der Waals surface area contributed by atoms with Crippen molar-refractivity contribution < 1.29 is 13.9 Å². The van der Waals surface area contributed by atoms with Crippen LogP contribution in [0.4, 0.5) is 21.8 Å². The molecule has 4 heterocycles. The van der Waals surface area contributed by atoms with E-state index in [0.29, 0.717) is 40.9 Å². The van der Waals surface area contributed by atoms with Crippen LogP contribution in [-0.2, 0) is 4.74 Å². The van der Waals surface area contributed by atoms with E-state index in [9.17, 15) is 0 Å². The normalized spacial score (nSPS) is 16.0. The average Bonchev–Trinajstić information content (AvgIpc) is 3.51. The van der Waals surface area contributed by atoms with Gasteiger partial charge in [0.15, 0.2) is 17.4 Å². The maximum absolute atomic E-state index is 15.1. The number of ether oxygens (including phenoxy) is 2.